The van der Waals surface area contributed by atoms with Crippen LogP contribution in [-0.2, 0) is 0 Å². The smallest absolute Gasteiger partial charge is 0.263 e. The van der Waals surface area contributed by atoms with E-state index in [4.69, 9.17) is 16.6 Å². The van der Waals surface area contributed by atoms with Gasteiger partial charge in [-0.1, -0.05) is 0 Å². The molecule has 0 aliphatic rings. The third-order valence-electron chi connectivity index (χ3n) is 1.55. The predicted molar refractivity (Wildman–Crippen MR) is 45.8 cm³/mol. The molecular formula is C7H7N3O4. The first-order chi connectivity index (χ1) is 6.43. The fourth-order valence-electron chi connectivity index (χ4n) is 0.891. The fourth-order valence-corrected chi connectivity index (χ4v) is 0.891. The molecule has 0 atom stereocenters. The van der Waals surface area contributed by atoms with Gasteiger partial charge in [0.15, 0.2) is 0 Å². The summed E-state index contributed by atoms with van der Waals surface area (Å²) in [5, 5.41) is 9.06. The zero-order chi connectivity index (χ0) is 10.9. The fraction of sp³-hybridized carbons (Fsp3) is 0. The zero-order valence-electron chi connectivity index (χ0n) is 6.90. The zero-order valence-corrected chi connectivity index (χ0v) is 6.90. The number of aromatic nitrogens is 1. The van der Waals surface area contributed by atoms with Crippen molar-refractivity contribution in [3.05, 3.63) is 27.5 Å². The number of nitrogens with two attached hydrogens (primary N) is 2. The molecule has 2 amide bonds. The van der Waals surface area contributed by atoms with Gasteiger partial charge in [0.2, 0.25) is 5.88 Å². The van der Waals surface area contributed by atoms with Crippen molar-refractivity contribution in [3.8, 4) is 5.88 Å². The quantitative estimate of drug-likeness (QED) is 0.447. The molecule has 1 rings (SSSR count). The summed E-state index contributed by atoms with van der Waals surface area (Å²) >= 11 is 0. The molecule has 0 aromatic carbocycles. The van der Waals surface area contributed by atoms with Gasteiger partial charge in [0, 0.05) is 0 Å². The Hall–Kier alpha value is -2.31. The van der Waals surface area contributed by atoms with Gasteiger partial charge in [-0.25, -0.2) is 0 Å². The molecule has 0 radical (unpaired) electrons. The first-order valence-corrected chi connectivity index (χ1v) is 3.49. The van der Waals surface area contributed by atoms with Gasteiger partial charge in [-0.05, 0) is 6.07 Å². The van der Waals surface area contributed by atoms with E-state index in [1.54, 1.807) is 0 Å². The number of hydrogen-bond acceptors (Lipinski definition) is 4. The second-order valence-electron chi connectivity index (χ2n) is 2.50. The Morgan fingerprint density at radius 3 is 2.14 bits per heavy atom. The second kappa shape index (κ2) is 3.21. The SMILES string of the molecule is NC(=O)c1cc(C(N)=O)c(=O)[nH]c1O. The maximum atomic E-state index is 11.0. The van der Waals surface area contributed by atoms with E-state index in [1.807, 2.05) is 4.98 Å². The molecule has 0 aliphatic heterocycles. The average molecular weight is 197 g/mol. The molecule has 0 unspecified atom stereocenters. The Morgan fingerprint density at radius 1 is 1.21 bits per heavy atom. The molecule has 0 bridgehead atoms. The summed E-state index contributed by atoms with van der Waals surface area (Å²) in [4.78, 5) is 34.2. The number of nitrogens with one attached hydrogen (secondary N) is 1. The molecule has 0 saturated heterocycles. The molecule has 74 valence electrons. The molecular weight excluding hydrogens is 190 g/mol. The Bertz CT molecular complexity index is 462. The third kappa shape index (κ3) is 1.56. The monoisotopic (exact) mass is 197 g/mol. The molecule has 1 aromatic heterocycles. The van der Waals surface area contributed by atoms with Gasteiger partial charge in [0.05, 0.1) is 0 Å². The molecule has 0 aliphatic carbocycles. The van der Waals surface area contributed by atoms with Crippen LogP contribution in [0.4, 0.5) is 0 Å². The number of hydrogen-bond donors (Lipinski definition) is 4. The minimum Gasteiger partial charge on any atom is -0.494 e. The summed E-state index contributed by atoms with van der Waals surface area (Å²) in [5.74, 6) is -2.66. The summed E-state index contributed by atoms with van der Waals surface area (Å²) in [6, 6.07) is 0.846. The minimum absolute atomic E-state index is 0.363. The van der Waals surface area contributed by atoms with Crippen LogP contribution in [0.1, 0.15) is 20.7 Å². The lowest BCUT2D eigenvalue weighted by Gasteiger charge is -2.00. The maximum Gasteiger partial charge on any atom is 0.263 e. The Kier molecular flexibility index (Phi) is 2.24. The van der Waals surface area contributed by atoms with E-state index < -0.39 is 28.8 Å². The second-order valence-corrected chi connectivity index (χ2v) is 2.50. The number of rotatable bonds is 2. The summed E-state index contributed by atoms with van der Waals surface area (Å²) in [7, 11) is 0. The first kappa shape index (κ1) is 9.78. The van der Waals surface area contributed by atoms with E-state index in [2.05, 4.69) is 0 Å². The van der Waals surface area contributed by atoms with E-state index in [0.717, 1.165) is 6.07 Å². The Balaban J connectivity index is 3.50. The van der Waals surface area contributed by atoms with E-state index in [9.17, 15) is 14.4 Å². The number of primary amides is 2. The van der Waals surface area contributed by atoms with Crippen molar-refractivity contribution in [1.29, 1.82) is 0 Å². The van der Waals surface area contributed by atoms with Gasteiger partial charge >= 0.3 is 0 Å². The van der Waals surface area contributed by atoms with E-state index in [0.29, 0.717) is 0 Å². The molecule has 0 spiro atoms. The van der Waals surface area contributed by atoms with Crippen molar-refractivity contribution in [2.24, 2.45) is 11.5 Å². The van der Waals surface area contributed by atoms with E-state index >= 15 is 0 Å². The van der Waals surface area contributed by atoms with Crippen molar-refractivity contribution < 1.29 is 14.7 Å². The number of aromatic hydroxyl groups is 1. The standard InChI is InChI=1S/C7H7N3O4/c8-4(11)2-1-3(5(9)12)7(14)10-6(2)13/h1H,(H2,8,11)(H2,9,12)(H2,10,13,14). The molecule has 7 nitrogen and oxygen atoms in total. The summed E-state index contributed by atoms with van der Waals surface area (Å²) in [6.45, 7) is 0. The lowest BCUT2D eigenvalue weighted by molar-refractivity contribution is 0.0997. The van der Waals surface area contributed by atoms with Gasteiger partial charge in [-0.3, -0.25) is 19.4 Å². The predicted octanol–water partition coefficient (Wildman–Crippen LogP) is -1.72. The van der Waals surface area contributed by atoms with Crippen LogP contribution in [0.2, 0.25) is 0 Å². The van der Waals surface area contributed by atoms with Crippen LogP contribution in [0.25, 0.3) is 0 Å². The lowest BCUT2D eigenvalue weighted by Crippen LogP contribution is -2.25. The number of pyridine rings is 1. The average Bonchev–Trinajstić information content (AvgIpc) is 2.02. The molecule has 1 heterocycles. The molecule has 0 saturated carbocycles. The van der Waals surface area contributed by atoms with Crippen LogP contribution in [0.3, 0.4) is 0 Å². The summed E-state index contributed by atoms with van der Waals surface area (Å²) in [5.41, 5.74) is 8.03. The van der Waals surface area contributed by atoms with Crippen LogP contribution in [0.5, 0.6) is 5.88 Å². The van der Waals surface area contributed by atoms with Gasteiger partial charge in [-0.2, -0.15) is 0 Å². The Morgan fingerprint density at radius 2 is 1.71 bits per heavy atom. The number of amides is 2. The number of carbonyl (C=O) groups excluding carboxylic acids is 2. The first-order valence-electron chi connectivity index (χ1n) is 3.49. The van der Waals surface area contributed by atoms with Crippen LogP contribution in [0, 0.1) is 0 Å². The van der Waals surface area contributed by atoms with Crippen LogP contribution in [0.15, 0.2) is 10.9 Å². The third-order valence-corrected chi connectivity index (χ3v) is 1.55. The topological polar surface area (TPSA) is 139 Å². The molecule has 14 heavy (non-hydrogen) atoms. The lowest BCUT2D eigenvalue weighted by atomic mass is 10.2. The van der Waals surface area contributed by atoms with Crippen LogP contribution < -0.4 is 17.0 Å². The van der Waals surface area contributed by atoms with Gasteiger partial charge in [0.25, 0.3) is 17.4 Å². The highest BCUT2D eigenvalue weighted by Crippen LogP contribution is 2.10. The van der Waals surface area contributed by atoms with Gasteiger partial charge < -0.3 is 16.6 Å². The van der Waals surface area contributed by atoms with E-state index in [1.165, 1.54) is 0 Å². The van der Waals surface area contributed by atoms with Crippen molar-refractivity contribution in [2.75, 3.05) is 0 Å². The highest BCUT2D eigenvalue weighted by atomic mass is 16.3. The van der Waals surface area contributed by atoms with Crippen molar-refractivity contribution in [1.82, 2.24) is 4.98 Å². The van der Waals surface area contributed by atoms with Crippen molar-refractivity contribution >= 4 is 11.8 Å². The normalized spacial score (nSPS) is 9.71. The number of aromatic amines is 1. The number of carbonyl (C=O) groups is 2. The van der Waals surface area contributed by atoms with Gasteiger partial charge in [0.1, 0.15) is 11.1 Å². The molecule has 7 heteroatoms. The van der Waals surface area contributed by atoms with E-state index in [-0.39, 0.29) is 5.56 Å². The minimum atomic E-state index is -1.01. The molecule has 1 aromatic rings. The summed E-state index contributed by atoms with van der Waals surface area (Å²) < 4.78 is 0. The van der Waals surface area contributed by atoms with Crippen molar-refractivity contribution in [3.63, 3.8) is 0 Å². The maximum absolute atomic E-state index is 11.0. The highest BCUT2D eigenvalue weighted by molar-refractivity contribution is 5.99. The van der Waals surface area contributed by atoms with Crippen LogP contribution in [-0.4, -0.2) is 21.9 Å². The largest absolute Gasteiger partial charge is 0.494 e. The van der Waals surface area contributed by atoms with Crippen molar-refractivity contribution in [2.45, 2.75) is 0 Å². The molecule has 6 N–H and O–H groups in total. The van der Waals surface area contributed by atoms with Gasteiger partial charge in [-0.15, -0.1) is 0 Å². The Labute approximate surface area is 77.3 Å². The highest BCUT2D eigenvalue weighted by Gasteiger charge is 2.14. The summed E-state index contributed by atoms with van der Waals surface area (Å²) in [6.07, 6.45) is 0. The molecule has 0 fully saturated rings. The number of H-pyrrole nitrogens is 1. The van der Waals surface area contributed by atoms with Crippen LogP contribution >= 0.6 is 0 Å².